The second-order valence-electron chi connectivity index (χ2n) is 4.81. The molecule has 1 aromatic heterocycles. The summed E-state index contributed by atoms with van der Waals surface area (Å²) < 4.78 is 26.8. The Morgan fingerprint density at radius 3 is 2.48 bits per heavy atom. The Morgan fingerprint density at radius 2 is 2.00 bits per heavy atom. The van der Waals surface area contributed by atoms with Gasteiger partial charge in [-0.2, -0.15) is 0 Å². The van der Waals surface area contributed by atoms with Crippen molar-refractivity contribution in [2.24, 2.45) is 5.84 Å². The van der Waals surface area contributed by atoms with Crippen molar-refractivity contribution in [3.8, 4) is 0 Å². The van der Waals surface area contributed by atoms with E-state index in [0.29, 0.717) is 37.0 Å². The minimum atomic E-state index is -3.84. The molecule has 0 amide bonds. The molecule has 1 aliphatic carbocycles. The van der Waals surface area contributed by atoms with Crippen molar-refractivity contribution >= 4 is 32.0 Å². The highest BCUT2D eigenvalue weighted by molar-refractivity contribution is 7.91. The highest BCUT2D eigenvalue weighted by Gasteiger charge is 2.29. The van der Waals surface area contributed by atoms with Gasteiger partial charge in [0.15, 0.2) is 5.00 Å². The zero-order valence-corrected chi connectivity index (χ0v) is 12.6. The summed E-state index contributed by atoms with van der Waals surface area (Å²) in [5.74, 6) is 5.16. The van der Waals surface area contributed by atoms with Crippen molar-refractivity contribution in [3.05, 3.63) is 16.2 Å². The first kappa shape index (κ1) is 16.1. The number of hydrogen-bond donors (Lipinski definition) is 4. The second kappa shape index (κ2) is 6.23. The number of anilines is 1. The van der Waals surface area contributed by atoms with Gasteiger partial charge in [-0.3, -0.25) is 10.1 Å². The van der Waals surface area contributed by atoms with Crippen LogP contribution in [0.25, 0.3) is 0 Å². The van der Waals surface area contributed by atoms with E-state index in [1.54, 1.807) is 0 Å². The summed E-state index contributed by atoms with van der Waals surface area (Å²) in [6, 6.07) is 0.716. The number of aliphatic hydroxyl groups excluding tert-OH is 1. The molecule has 118 valence electrons. The molecule has 0 atom stereocenters. The molecule has 0 saturated heterocycles. The molecule has 0 unspecified atom stereocenters. The molecular weight excluding hydrogens is 320 g/mol. The Labute approximate surface area is 125 Å². The molecule has 2 rings (SSSR count). The van der Waals surface area contributed by atoms with Gasteiger partial charge >= 0.3 is 5.69 Å². The number of aliphatic hydroxyl groups is 1. The Bertz CT molecular complexity index is 621. The lowest BCUT2D eigenvalue weighted by Crippen LogP contribution is -2.38. The third-order valence-corrected chi connectivity index (χ3v) is 6.35. The summed E-state index contributed by atoms with van der Waals surface area (Å²) >= 11 is 0.706. The Hall–Kier alpha value is -1.27. The molecule has 5 N–H and O–H groups in total. The van der Waals surface area contributed by atoms with E-state index in [4.69, 9.17) is 5.84 Å². The number of hydrazine groups is 1. The van der Waals surface area contributed by atoms with Crippen LogP contribution >= 0.6 is 11.3 Å². The van der Waals surface area contributed by atoms with Crippen molar-refractivity contribution in [1.82, 2.24) is 4.72 Å². The first-order valence-electron chi connectivity index (χ1n) is 6.28. The highest BCUT2D eigenvalue weighted by atomic mass is 32.2. The fourth-order valence-electron chi connectivity index (χ4n) is 2.20. The quantitative estimate of drug-likeness (QED) is 0.348. The van der Waals surface area contributed by atoms with Crippen LogP contribution in [0.5, 0.6) is 0 Å². The van der Waals surface area contributed by atoms with E-state index in [1.165, 1.54) is 0 Å². The predicted octanol–water partition coefficient (Wildman–Crippen LogP) is 0.524. The van der Waals surface area contributed by atoms with Gasteiger partial charge in [0, 0.05) is 12.1 Å². The summed E-state index contributed by atoms with van der Waals surface area (Å²) in [5.41, 5.74) is 1.76. The van der Waals surface area contributed by atoms with Gasteiger partial charge in [0.1, 0.15) is 4.21 Å². The summed E-state index contributed by atoms with van der Waals surface area (Å²) in [5, 5.41) is 20.2. The van der Waals surface area contributed by atoms with Crippen molar-refractivity contribution in [3.63, 3.8) is 0 Å². The molecule has 0 aliphatic heterocycles. The molecule has 1 fully saturated rings. The fraction of sp³-hybridized carbons (Fsp3) is 0.600. The van der Waals surface area contributed by atoms with Crippen LogP contribution in [0.2, 0.25) is 0 Å². The topological polar surface area (TPSA) is 148 Å². The molecule has 11 heteroatoms. The number of nitrogens with zero attached hydrogens (tertiary/aromatic N) is 1. The van der Waals surface area contributed by atoms with Crippen LogP contribution in [0, 0.1) is 10.1 Å². The van der Waals surface area contributed by atoms with E-state index >= 15 is 0 Å². The molecule has 0 bridgehead atoms. The van der Waals surface area contributed by atoms with E-state index in [9.17, 15) is 23.6 Å². The predicted molar refractivity (Wildman–Crippen MR) is 77.4 cm³/mol. The van der Waals surface area contributed by atoms with Gasteiger partial charge in [-0.1, -0.05) is 11.3 Å². The maximum Gasteiger partial charge on any atom is 0.306 e. The van der Waals surface area contributed by atoms with Gasteiger partial charge in [-0.15, -0.1) is 0 Å². The molecule has 1 aliphatic rings. The van der Waals surface area contributed by atoms with Gasteiger partial charge in [0.25, 0.3) is 10.0 Å². The third kappa shape index (κ3) is 3.68. The first-order valence-corrected chi connectivity index (χ1v) is 8.58. The van der Waals surface area contributed by atoms with E-state index in [1.807, 2.05) is 0 Å². The SMILES string of the molecule is NNc1sc(S(=O)(=O)NC2CCC(O)CC2)cc1[N+](=O)[O-]. The van der Waals surface area contributed by atoms with Crippen molar-refractivity contribution in [2.45, 2.75) is 42.0 Å². The molecular formula is C10H16N4O5S2. The summed E-state index contributed by atoms with van der Waals surface area (Å²) in [6.45, 7) is 0. The molecule has 9 nitrogen and oxygen atoms in total. The lowest BCUT2D eigenvalue weighted by molar-refractivity contribution is -0.383. The smallest absolute Gasteiger partial charge is 0.306 e. The van der Waals surface area contributed by atoms with Gasteiger partial charge in [0.05, 0.1) is 11.0 Å². The van der Waals surface area contributed by atoms with Gasteiger partial charge in [0.2, 0.25) is 0 Å². The van der Waals surface area contributed by atoms with Crippen LogP contribution in [0.4, 0.5) is 10.7 Å². The minimum Gasteiger partial charge on any atom is -0.393 e. The van der Waals surface area contributed by atoms with Gasteiger partial charge in [-0.05, 0) is 25.7 Å². The normalized spacial score (nSPS) is 23.0. The molecule has 1 aromatic rings. The average Bonchev–Trinajstić information content (AvgIpc) is 2.86. The van der Waals surface area contributed by atoms with Crippen LogP contribution in [-0.2, 0) is 10.0 Å². The van der Waals surface area contributed by atoms with Crippen molar-refractivity contribution in [2.75, 3.05) is 5.43 Å². The highest BCUT2D eigenvalue weighted by Crippen LogP contribution is 2.36. The lowest BCUT2D eigenvalue weighted by Gasteiger charge is -2.25. The number of thiophene rings is 1. The van der Waals surface area contributed by atoms with Crippen LogP contribution in [0.1, 0.15) is 25.7 Å². The van der Waals surface area contributed by atoms with Crippen LogP contribution in [-0.4, -0.2) is 30.6 Å². The zero-order valence-electron chi connectivity index (χ0n) is 11.0. The molecule has 0 aromatic carbocycles. The second-order valence-corrected chi connectivity index (χ2v) is 7.80. The number of nitrogens with two attached hydrogens (primary N) is 1. The number of nitrogens with one attached hydrogen (secondary N) is 2. The van der Waals surface area contributed by atoms with Crippen molar-refractivity contribution < 1.29 is 18.4 Å². The summed E-state index contributed by atoms with van der Waals surface area (Å²) in [7, 11) is -3.84. The van der Waals surface area contributed by atoms with E-state index in [2.05, 4.69) is 10.1 Å². The Balaban J connectivity index is 2.18. The lowest BCUT2D eigenvalue weighted by atomic mass is 9.94. The zero-order chi connectivity index (χ0) is 15.6. The first-order chi connectivity index (χ1) is 9.83. The summed E-state index contributed by atoms with van der Waals surface area (Å²) in [4.78, 5) is 10.1. The molecule has 21 heavy (non-hydrogen) atoms. The van der Waals surface area contributed by atoms with E-state index in [-0.39, 0.29) is 27.0 Å². The maximum absolute atomic E-state index is 12.2. The van der Waals surface area contributed by atoms with Crippen molar-refractivity contribution in [1.29, 1.82) is 0 Å². The number of hydrogen-bond acceptors (Lipinski definition) is 8. The Kier molecular flexibility index (Phi) is 4.78. The third-order valence-electron chi connectivity index (χ3n) is 3.30. The number of nitrogen functional groups attached to an aromatic ring is 1. The van der Waals surface area contributed by atoms with E-state index in [0.717, 1.165) is 6.07 Å². The van der Waals surface area contributed by atoms with Crippen LogP contribution in [0.3, 0.4) is 0 Å². The largest absolute Gasteiger partial charge is 0.393 e. The summed E-state index contributed by atoms with van der Waals surface area (Å²) in [6.07, 6.45) is 1.76. The monoisotopic (exact) mass is 336 g/mol. The van der Waals surface area contributed by atoms with E-state index < -0.39 is 14.9 Å². The Morgan fingerprint density at radius 1 is 1.38 bits per heavy atom. The van der Waals surface area contributed by atoms with Gasteiger partial charge in [-0.25, -0.2) is 19.0 Å². The van der Waals surface area contributed by atoms with Crippen LogP contribution in [0.15, 0.2) is 10.3 Å². The van der Waals surface area contributed by atoms with Gasteiger partial charge < -0.3 is 10.5 Å². The average molecular weight is 336 g/mol. The molecule has 1 saturated carbocycles. The fourth-order valence-corrected chi connectivity index (χ4v) is 4.76. The van der Waals surface area contributed by atoms with Crippen LogP contribution < -0.4 is 16.0 Å². The number of nitro groups is 1. The molecule has 1 heterocycles. The number of sulfonamides is 1. The maximum atomic E-state index is 12.2. The minimum absolute atomic E-state index is 0.0144. The standard InChI is InChI=1S/C10H16N4O5S2/c11-12-10-8(14(16)17)5-9(20-10)21(18,19)13-6-1-3-7(15)4-2-6/h5-7,12-13,15H,1-4,11H2. The molecule has 0 spiro atoms. The molecule has 0 radical (unpaired) electrons. The number of rotatable bonds is 5.